The smallest absolute Gasteiger partial charge is 0.348 e. The monoisotopic (exact) mass is 489 g/mol. The second-order valence-electron chi connectivity index (χ2n) is 7.46. The first kappa shape index (κ1) is 25.2. The van der Waals surface area contributed by atoms with Crippen molar-refractivity contribution in [2.24, 2.45) is 0 Å². The Bertz CT molecular complexity index is 1050. The van der Waals surface area contributed by atoms with Crippen LogP contribution in [0.4, 0.5) is 5.00 Å². The number of esters is 2. The average molecular weight is 490 g/mol. The molecule has 0 bridgehead atoms. The molecular weight excluding hydrogens is 462 g/mol. The zero-order valence-electron chi connectivity index (χ0n) is 19.1. The maximum absolute atomic E-state index is 12.8. The lowest BCUT2D eigenvalue weighted by molar-refractivity contribution is -0.117. The van der Waals surface area contributed by atoms with E-state index in [0.717, 1.165) is 11.3 Å². The Morgan fingerprint density at radius 3 is 2.53 bits per heavy atom. The molecule has 0 aromatic carbocycles. The molecule has 0 saturated carbocycles. The summed E-state index contributed by atoms with van der Waals surface area (Å²) in [5.41, 5.74) is 0.525. The van der Waals surface area contributed by atoms with Crippen molar-refractivity contribution in [3.8, 4) is 0 Å². The van der Waals surface area contributed by atoms with Gasteiger partial charge in [-0.2, -0.15) is 0 Å². The highest BCUT2D eigenvalue weighted by atomic mass is 32.1. The summed E-state index contributed by atoms with van der Waals surface area (Å²) in [7, 11) is 0. The van der Waals surface area contributed by atoms with Gasteiger partial charge in [-0.3, -0.25) is 14.5 Å². The van der Waals surface area contributed by atoms with Crippen molar-refractivity contribution in [3.05, 3.63) is 52.8 Å². The number of hydrogen-bond donors (Lipinski definition) is 1. The molecule has 0 atom stereocenters. The molecule has 0 spiro atoms. The van der Waals surface area contributed by atoms with E-state index in [1.54, 1.807) is 30.9 Å². The van der Waals surface area contributed by atoms with Crippen LogP contribution in [0.25, 0.3) is 0 Å². The number of anilines is 1. The van der Waals surface area contributed by atoms with E-state index >= 15 is 0 Å². The van der Waals surface area contributed by atoms with Crippen LogP contribution in [0.15, 0.2) is 35.5 Å². The first-order valence-electron chi connectivity index (χ1n) is 10.8. The number of piperazine rings is 1. The summed E-state index contributed by atoms with van der Waals surface area (Å²) in [6.07, 6.45) is 2.90. The third kappa shape index (κ3) is 5.91. The zero-order chi connectivity index (χ0) is 24.7. The van der Waals surface area contributed by atoms with Gasteiger partial charge < -0.3 is 24.1 Å². The second kappa shape index (κ2) is 11.6. The molecule has 11 heteroatoms. The molecule has 1 aliphatic heterocycles. The molecule has 2 amide bonds. The number of thiophene rings is 1. The standard InChI is InChI=1S/C23H27N3O7S/c1-4-12-33-23(30)19-15(3)18(22(29)31-5-2)20(34-19)24-17(27)14-25-8-10-26(11-9-25)21(28)16-7-6-13-32-16/h4,6-7,13H,1,5,8-12,14H2,2-3H3,(H,24,27). The summed E-state index contributed by atoms with van der Waals surface area (Å²) in [6, 6.07) is 3.28. The molecule has 182 valence electrons. The predicted octanol–water partition coefficient (Wildman–Crippen LogP) is 2.57. The molecule has 1 aliphatic rings. The summed E-state index contributed by atoms with van der Waals surface area (Å²) in [5, 5.41) is 2.97. The molecule has 0 aliphatic carbocycles. The Labute approximate surface area is 201 Å². The predicted molar refractivity (Wildman–Crippen MR) is 125 cm³/mol. The van der Waals surface area contributed by atoms with Crippen LogP contribution in [-0.4, -0.2) is 79.5 Å². The molecule has 1 saturated heterocycles. The number of rotatable bonds is 9. The van der Waals surface area contributed by atoms with Gasteiger partial charge in [0.15, 0.2) is 5.76 Å². The number of nitrogens with zero attached hydrogens (tertiary/aromatic N) is 2. The van der Waals surface area contributed by atoms with E-state index in [1.807, 2.05) is 4.90 Å². The van der Waals surface area contributed by atoms with E-state index in [-0.39, 0.29) is 52.8 Å². The van der Waals surface area contributed by atoms with Gasteiger partial charge in [0.05, 0.1) is 25.0 Å². The number of amides is 2. The van der Waals surface area contributed by atoms with Gasteiger partial charge in [-0.25, -0.2) is 9.59 Å². The number of nitrogens with one attached hydrogen (secondary N) is 1. The van der Waals surface area contributed by atoms with Crippen molar-refractivity contribution in [3.63, 3.8) is 0 Å². The molecule has 3 rings (SSSR count). The topological polar surface area (TPSA) is 118 Å². The highest BCUT2D eigenvalue weighted by Crippen LogP contribution is 2.34. The van der Waals surface area contributed by atoms with Crippen LogP contribution in [0.3, 0.4) is 0 Å². The van der Waals surface area contributed by atoms with Crippen LogP contribution in [0, 0.1) is 6.92 Å². The number of hydrogen-bond acceptors (Lipinski definition) is 9. The summed E-state index contributed by atoms with van der Waals surface area (Å²) >= 11 is 0.969. The molecule has 10 nitrogen and oxygen atoms in total. The van der Waals surface area contributed by atoms with Crippen LogP contribution in [0.5, 0.6) is 0 Å². The fourth-order valence-electron chi connectivity index (χ4n) is 3.48. The Morgan fingerprint density at radius 1 is 1.18 bits per heavy atom. The van der Waals surface area contributed by atoms with Gasteiger partial charge in [-0.15, -0.1) is 11.3 Å². The van der Waals surface area contributed by atoms with Gasteiger partial charge in [-0.1, -0.05) is 12.7 Å². The summed E-state index contributed by atoms with van der Waals surface area (Å²) in [4.78, 5) is 53.8. The minimum atomic E-state index is -0.626. The van der Waals surface area contributed by atoms with Gasteiger partial charge in [0.1, 0.15) is 16.5 Å². The fraction of sp³-hybridized carbons (Fsp3) is 0.391. The van der Waals surface area contributed by atoms with Crippen molar-refractivity contribution in [1.29, 1.82) is 0 Å². The van der Waals surface area contributed by atoms with Gasteiger partial charge in [0.25, 0.3) is 5.91 Å². The molecule has 2 aromatic rings. The normalized spacial score (nSPS) is 13.9. The van der Waals surface area contributed by atoms with Crippen LogP contribution in [0.2, 0.25) is 0 Å². The first-order chi connectivity index (χ1) is 16.3. The molecule has 34 heavy (non-hydrogen) atoms. The number of ether oxygens (including phenoxy) is 2. The first-order valence-corrected chi connectivity index (χ1v) is 11.6. The minimum absolute atomic E-state index is 0.0288. The largest absolute Gasteiger partial charge is 0.462 e. The van der Waals surface area contributed by atoms with Crippen molar-refractivity contribution in [1.82, 2.24) is 9.80 Å². The Morgan fingerprint density at radius 2 is 1.91 bits per heavy atom. The lowest BCUT2D eigenvalue weighted by Crippen LogP contribution is -2.50. The van der Waals surface area contributed by atoms with E-state index < -0.39 is 11.9 Å². The fourth-order valence-corrected chi connectivity index (χ4v) is 4.58. The van der Waals surface area contributed by atoms with E-state index in [1.165, 1.54) is 12.3 Å². The van der Waals surface area contributed by atoms with Crippen LogP contribution in [0.1, 0.15) is 43.1 Å². The lowest BCUT2D eigenvalue weighted by atomic mass is 10.1. The molecule has 0 unspecified atom stereocenters. The maximum atomic E-state index is 12.8. The van der Waals surface area contributed by atoms with Gasteiger partial charge in [0, 0.05) is 26.2 Å². The van der Waals surface area contributed by atoms with Crippen LogP contribution in [-0.2, 0) is 14.3 Å². The summed E-state index contributed by atoms with van der Waals surface area (Å²) in [5.74, 6) is -1.47. The van der Waals surface area contributed by atoms with Gasteiger partial charge >= 0.3 is 11.9 Å². The van der Waals surface area contributed by atoms with Crippen molar-refractivity contribution in [2.75, 3.05) is 51.3 Å². The molecule has 2 aromatic heterocycles. The summed E-state index contributed by atoms with van der Waals surface area (Å²) in [6.45, 7) is 8.97. The number of furan rings is 1. The maximum Gasteiger partial charge on any atom is 0.348 e. The molecule has 1 fully saturated rings. The van der Waals surface area contributed by atoms with E-state index in [0.29, 0.717) is 31.7 Å². The Kier molecular flexibility index (Phi) is 8.61. The Balaban J connectivity index is 1.64. The quantitative estimate of drug-likeness (QED) is 0.422. The third-order valence-corrected chi connectivity index (χ3v) is 6.34. The molecule has 0 radical (unpaired) electrons. The van der Waals surface area contributed by atoms with Crippen LogP contribution >= 0.6 is 11.3 Å². The number of carbonyl (C=O) groups is 4. The minimum Gasteiger partial charge on any atom is -0.462 e. The van der Waals surface area contributed by atoms with E-state index in [4.69, 9.17) is 13.9 Å². The SMILES string of the molecule is C=CCOC(=O)c1sc(NC(=O)CN2CCN(C(=O)c3ccco3)CC2)c(C(=O)OCC)c1C. The highest BCUT2D eigenvalue weighted by molar-refractivity contribution is 7.18. The van der Waals surface area contributed by atoms with Crippen molar-refractivity contribution in [2.45, 2.75) is 13.8 Å². The van der Waals surface area contributed by atoms with Crippen LogP contribution < -0.4 is 5.32 Å². The van der Waals surface area contributed by atoms with Gasteiger partial charge in [-0.05, 0) is 31.5 Å². The van der Waals surface area contributed by atoms with Crippen molar-refractivity contribution < 1.29 is 33.1 Å². The second-order valence-corrected chi connectivity index (χ2v) is 8.48. The van der Waals surface area contributed by atoms with Crippen molar-refractivity contribution >= 4 is 40.1 Å². The van der Waals surface area contributed by atoms with E-state index in [9.17, 15) is 19.2 Å². The van der Waals surface area contributed by atoms with E-state index in [2.05, 4.69) is 11.9 Å². The highest BCUT2D eigenvalue weighted by Gasteiger charge is 2.29. The summed E-state index contributed by atoms with van der Waals surface area (Å²) < 4.78 is 15.4. The molecule has 1 N–H and O–H groups in total. The zero-order valence-corrected chi connectivity index (χ0v) is 19.9. The molecule has 3 heterocycles. The number of carbonyl (C=O) groups excluding carboxylic acids is 4. The van der Waals surface area contributed by atoms with Gasteiger partial charge in [0.2, 0.25) is 5.91 Å². The lowest BCUT2D eigenvalue weighted by Gasteiger charge is -2.33. The Hall–Kier alpha value is -3.44. The average Bonchev–Trinajstić information content (AvgIpc) is 3.46. The molecular formula is C23H27N3O7S. The third-order valence-electron chi connectivity index (χ3n) is 5.16.